The number of benzene rings is 1. The molecule has 0 aliphatic carbocycles. The molecule has 0 spiro atoms. The Bertz CT molecular complexity index is 827. The molecular formula is C14H17N3O5S. The second kappa shape index (κ2) is 6.29. The van der Waals surface area contributed by atoms with Gasteiger partial charge in [0, 0.05) is 18.3 Å². The van der Waals surface area contributed by atoms with E-state index >= 15 is 0 Å². The summed E-state index contributed by atoms with van der Waals surface area (Å²) in [4.78, 5) is 15.6. The van der Waals surface area contributed by atoms with Crippen molar-refractivity contribution in [2.75, 3.05) is 11.8 Å². The predicted octanol–water partition coefficient (Wildman–Crippen LogP) is 1.76. The van der Waals surface area contributed by atoms with Crippen LogP contribution >= 0.6 is 0 Å². The highest BCUT2D eigenvalue weighted by molar-refractivity contribution is 7.92. The molecule has 2 aromatic rings. The summed E-state index contributed by atoms with van der Waals surface area (Å²) >= 11 is 0. The van der Waals surface area contributed by atoms with Gasteiger partial charge in [0.2, 0.25) is 0 Å². The van der Waals surface area contributed by atoms with Crippen molar-refractivity contribution in [3.8, 4) is 5.75 Å². The summed E-state index contributed by atoms with van der Waals surface area (Å²) in [5, 5.41) is 9.34. The fourth-order valence-corrected chi connectivity index (χ4v) is 2.85. The van der Waals surface area contributed by atoms with Crippen molar-refractivity contribution in [2.24, 2.45) is 0 Å². The number of imidazole rings is 1. The quantitative estimate of drug-likeness (QED) is 0.803. The number of rotatable bonds is 5. The molecule has 0 radical (unpaired) electrons. The highest BCUT2D eigenvalue weighted by Crippen LogP contribution is 2.25. The number of hydrogen-bond acceptors (Lipinski definition) is 6. The molecule has 124 valence electrons. The Kier molecular flexibility index (Phi) is 4.60. The zero-order valence-electron chi connectivity index (χ0n) is 12.8. The maximum Gasteiger partial charge on any atom is 0.339 e. The van der Waals surface area contributed by atoms with E-state index in [-0.39, 0.29) is 28.1 Å². The van der Waals surface area contributed by atoms with Crippen molar-refractivity contribution >= 4 is 21.7 Å². The van der Waals surface area contributed by atoms with E-state index in [2.05, 4.69) is 14.4 Å². The molecule has 0 saturated heterocycles. The Hall–Kier alpha value is -2.55. The number of carbonyl (C=O) groups is 1. The number of aromatic nitrogens is 2. The fourth-order valence-electron chi connectivity index (χ4n) is 1.84. The summed E-state index contributed by atoms with van der Waals surface area (Å²) in [6, 6.07) is 3.71. The molecule has 0 aliphatic heterocycles. The van der Waals surface area contributed by atoms with Crippen LogP contribution in [0.2, 0.25) is 0 Å². The second-order valence-corrected chi connectivity index (χ2v) is 6.71. The number of anilines is 1. The van der Waals surface area contributed by atoms with E-state index < -0.39 is 16.0 Å². The zero-order chi connectivity index (χ0) is 17.2. The fraction of sp³-hybridized carbons (Fsp3) is 0.286. The van der Waals surface area contributed by atoms with E-state index in [1.165, 1.54) is 31.8 Å². The number of methoxy groups -OCH3 is 1. The van der Waals surface area contributed by atoms with Gasteiger partial charge in [-0.3, -0.25) is 4.72 Å². The van der Waals surface area contributed by atoms with Crippen molar-refractivity contribution in [3.05, 3.63) is 36.3 Å². The average Bonchev–Trinajstić information content (AvgIpc) is 2.97. The number of phenols is 1. The van der Waals surface area contributed by atoms with Crippen LogP contribution in [0.3, 0.4) is 0 Å². The Labute approximate surface area is 133 Å². The Balaban J connectivity index is 2.40. The third-order valence-electron chi connectivity index (χ3n) is 3.10. The second-order valence-electron chi connectivity index (χ2n) is 5.08. The first-order valence-electron chi connectivity index (χ1n) is 6.72. The van der Waals surface area contributed by atoms with Gasteiger partial charge in [-0.2, -0.15) is 8.42 Å². The molecule has 9 heteroatoms. The first kappa shape index (κ1) is 16.8. The van der Waals surface area contributed by atoms with Crippen LogP contribution < -0.4 is 4.72 Å². The minimum atomic E-state index is -4.01. The van der Waals surface area contributed by atoms with E-state index in [9.17, 15) is 18.3 Å². The number of ether oxygens (including phenoxy) is 1. The Morgan fingerprint density at radius 1 is 1.39 bits per heavy atom. The van der Waals surface area contributed by atoms with Gasteiger partial charge in [-0.1, -0.05) is 0 Å². The molecule has 23 heavy (non-hydrogen) atoms. The number of sulfonamides is 1. The summed E-state index contributed by atoms with van der Waals surface area (Å²) in [5.74, 6) is -0.918. The number of nitrogens with zero attached hydrogens (tertiary/aromatic N) is 2. The topological polar surface area (TPSA) is 111 Å². The third kappa shape index (κ3) is 3.62. The molecule has 0 saturated carbocycles. The number of aromatic hydroxyl groups is 1. The minimum absolute atomic E-state index is 0.0165. The van der Waals surface area contributed by atoms with Crippen molar-refractivity contribution in [2.45, 2.75) is 24.9 Å². The summed E-state index contributed by atoms with van der Waals surface area (Å²) in [6.45, 7) is 3.77. The van der Waals surface area contributed by atoms with Crippen LogP contribution in [0, 0.1) is 0 Å². The first-order valence-corrected chi connectivity index (χ1v) is 8.20. The molecule has 1 aromatic carbocycles. The molecular weight excluding hydrogens is 322 g/mol. The maximum atomic E-state index is 12.4. The average molecular weight is 339 g/mol. The van der Waals surface area contributed by atoms with Crippen molar-refractivity contribution in [3.63, 3.8) is 0 Å². The lowest BCUT2D eigenvalue weighted by Crippen LogP contribution is -2.16. The van der Waals surface area contributed by atoms with Crippen molar-refractivity contribution in [1.29, 1.82) is 0 Å². The van der Waals surface area contributed by atoms with Crippen LogP contribution in [0.15, 0.2) is 35.7 Å². The summed E-state index contributed by atoms with van der Waals surface area (Å²) in [6.07, 6.45) is 2.79. The van der Waals surface area contributed by atoms with Crippen LogP contribution in [-0.2, 0) is 14.8 Å². The maximum absolute atomic E-state index is 12.4. The Morgan fingerprint density at radius 2 is 2.09 bits per heavy atom. The van der Waals surface area contributed by atoms with E-state index in [4.69, 9.17) is 0 Å². The molecule has 0 aliphatic rings. The lowest BCUT2D eigenvalue weighted by molar-refractivity contribution is 0.0602. The van der Waals surface area contributed by atoms with Crippen molar-refractivity contribution in [1.82, 2.24) is 9.55 Å². The molecule has 1 aromatic heterocycles. The van der Waals surface area contributed by atoms with E-state index in [0.717, 1.165) is 6.07 Å². The minimum Gasteiger partial charge on any atom is -0.508 e. The zero-order valence-corrected chi connectivity index (χ0v) is 13.7. The normalized spacial score (nSPS) is 11.5. The van der Waals surface area contributed by atoms with Gasteiger partial charge in [-0.05, 0) is 26.0 Å². The standard InChI is InChI=1S/C14H17N3O5S/c1-9(2)17-7-13(15-8-17)23(20,21)16-12-6-10(18)4-5-11(12)14(19)22-3/h4-9,16,18H,1-3H3. The Morgan fingerprint density at radius 3 is 2.65 bits per heavy atom. The van der Waals surface area contributed by atoms with Gasteiger partial charge in [0.15, 0.2) is 5.03 Å². The van der Waals surface area contributed by atoms with Gasteiger partial charge in [-0.15, -0.1) is 0 Å². The van der Waals surface area contributed by atoms with Crippen LogP contribution in [0.1, 0.15) is 30.2 Å². The third-order valence-corrected chi connectivity index (χ3v) is 4.35. The molecule has 1 heterocycles. The largest absolute Gasteiger partial charge is 0.508 e. The van der Waals surface area contributed by atoms with Gasteiger partial charge in [0.25, 0.3) is 10.0 Å². The van der Waals surface area contributed by atoms with Crippen LogP contribution in [0.4, 0.5) is 5.69 Å². The van der Waals surface area contributed by atoms with Crippen LogP contribution in [0.5, 0.6) is 5.75 Å². The summed E-state index contributed by atoms with van der Waals surface area (Å²) in [5.41, 5.74) is -0.104. The lowest BCUT2D eigenvalue weighted by atomic mass is 10.2. The molecule has 0 amide bonds. The smallest absolute Gasteiger partial charge is 0.339 e. The van der Waals surface area contributed by atoms with Gasteiger partial charge in [0.05, 0.1) is 24.7 Å². The van der Waals surface area contributed by atoms with Gasteiger partial charge in [0.1, 0.15) is 5.75 Å². The first-order chi connectivity index (χ1) is 10.7. The lowest BCUT2D eigenvalue weighted by Gasteiger charge is -2.10. The van der Waals surface area contributed by atoms with E-state index in [0.29, 0.717) is 0 Å². The molecule has 2 rings (SSSR count). The van der Waals surface area contributed by atoms with Crippen LogP contribution in [0.25, 0.3) is 0 Å². The monoisotopic (exact) mass is 339 g/mol. The van der Waals surface area contributed by atoms with E-state index in [1.807, 2.05) is 13.8 Å². The number of hydrogen-bond donors (Lipinski definition) is 2. The highest BCUT2D eigenvalue weighted by Gasteiger charge is 2.22. The number of esters is 1. The van der Waals surface area contributed by atoms with Gasteiger partial charge in [-0.25, -0.2) is 9.78 Å². The molecule has 2 N–H and O–H groups in total. The van der Waals surface area contributed by atoms with E-state index in [1.54, 1.807) is 4.57 Å². The SMILES string of the molecule is COC(=O)c1ccc(O)cc1NS(=O)(=O)c1cn(C(C)C)cn1. The highest BCUT2D eigenvalue weighted by atomic mass is 32.2. The number of carbonyl (C=O) groups excluding carboxylic acids is 1. The summed E-state index contributed by atoms with van der Waals surface area (Å²) in [7, 11) is -2.83. The van der Waals surface area contributed by atoms with Gasteiger partial charge < -0.3 is 14.4 Å². The van der Waals surface area contributed by atoms with Crippen LogP contribution in [-0.4, -0.2) is 36.2 Å². The molecule has 0 fully saturated rings. The number of nitrogens with one attached hydrogen (secondary N) is 1. The van der Waals surface area contributed by atoms with Gasteiger partial charge >= 0.3 is 5.97 Å². The molecule has 0 atom stereocenters. The molecule has 0 bridgehead atoms. The summed E-state index contributed by atoms with van der Waals surface area (Å²) < 4.78 is 33.3. The van der Waals surface area contributed by atoms with Crippen molar-refractivity contribution < 1.29 is 23.1 Å². The molecule has 0 unspecified atom stereocenters. The predicted molar refractivity (Wildman–Crippen MR) is 82.9 cm³/mol. The number of phenolic OH excluding ortho intramolecular Hbond substituents is 1. The molecule has 8 nitrogen and oxygen atoms in total.